The molecule has 2 N–H and O–H groups in total. The van der Waals surface area contributed by atoms with Crippen LogP contribution in [-0.2, 0) is 0 Å². The van der Waals surface area contributed by atoms with Gasteiger partial charge in [0.05, 0.1) is 0 Å². The number of anilines is 2. The van der Waals surface area contributed by atoms with Gasteiger partial charge in [-0.05, 0) is 43.2 Å². The largest absolute Gasteiger partial charge is 0.370 e. The number of rotatable bonds is 5. The van der Waals surface area contributed by atoms with Crippen molar-refractivity contribution in [3.63, 3.8) is 0 Å². The maximum Gasteiger partial charge on any atom is 0.128 e. The zero-order valence-corrected chi connectivity index (χ0v) is 11.7. The highest BCUT2D eigenvalue weighted by Gasteiger charge is 2.29. The Balaban J connectivity index is 1.96. The molecule has 0 aliphatic heterocycles. The molecule has 3 atom stereocenters. The molecule has 0 spiro atoms. The maximum absolute atomic E-state index is 4.61. The third-order valence-electron chi connectivity index (χ3n) is 4.10. The number of nitrogens with zero attached hydrogens (tertiary/aromatic N) is 1. The molecule has 2 rings (SSSR count). The van der Waals surface area contributed by atoms with Gasteiger partial charge in [0.1, 0.15) is 11.6 Å². The van der Waals surface area contributed by atoms with Gasteiger partial charge in [-0.25, -0.2) is 4.98 Å². The lowest BCUT2D eigenvalue weighted by Crippen LogP contribution is -2.24. The second-order valence-corrected chi connectivity index (χ2v) is 5.50. The Kier molecular flexibility index (Phi) is 4.45. The molecule has 0 amide bonds. The van der Waals surface area contributed by atoms with E-state index in [0.29, 0.717) is 6.04 Å². The van der Waals surface area contributed by atoms with Crippen LogP contribution in [0.4, 0.5) is 11.6 Å². The fourth-order valence-electron chi connectivity index (χ4n) is 2.62. The topological polar surface area (TPSA) is 37.0 Å². The molecule has 0 radical (unpaired) electrons. The summed E-state index contributed by atoms with van der Waals surface area (Å²) in [4.78, 5) is 4.61. The molecule has 0 bridgehead atoms. The third kappa shape index (κ3) is 3.15. The van der Waals surface area contributed by atoms with E-state index in [1.54, 1.807) is 0 Å². The lowest BCUT2D eigenvalue weighted by Gasteiger charge is -2.20. The molecular formula is C15H25N3. The summed E-state index contributed by atoms with van der Waals surface area (Å²) in [6.07, 6.45) is 3.71. The van der Waals surface area contributed by atoms with Crippen molar-refractivity contribution < 1.29 is 0 Å². The van der Waals surface area contributed by atoms with E-state index in [1.807, 2.05) is 6.07 Å². The highest BCUT2D eigenvalue weighted by molar-refractivity contribution is 5.45. The van der Waals surface area contributed by atoms with Crippen LogP contribution in [0.1, 0.15) is 40.0 Å². The van der Waals surface area contributed by atoms with Gasteiger partial charge in [-0.15, -0.1) is 0 Å². The maximum atomic E-state index is 4.61. The zero-order valence-electron chi connectivity index (χ0n) is 11.7. The van der Waals surface area contributed by atoms with E-state index in [-0.39, 0.29) is 0 Å². The summed E-state index contributed by atoms with van der Waals surface area (Å²) in [5, 5.41) is 6.92. The van der Waals surface area contributed by atoms with E-state index in [0.717, 1.165) is 36.4 Å². The first kappa shape index (κ1) is 13.2. The predicted molar refractivity (Wildman–Crippen MR) is 78.0 cm³/mol. The summed E-state index contributed by atoms with van der Waals surface area (Å²) in [6.45, 7) is 7.83. The lowest BCUT2D eigenvalue weighted by molar-refractivity contribution is 0.435. The number of nitrogens with one attached hydrogen (secondary N) is 2. The van der Waals surface area contributed by atoms with Crippen LogP contribution in [-0.4, -0.2) is 17.6 Å². The second-order valence-electron chi connectivity index (χ2n) is 5.50. The average molecular weight is 247 g/mol. The van der Waals surface area contributed by atoms with Crippen LogP contribution in [0, 0.1) is 11.8 Å². The molecule has 3 heteroatoms. The van der Waals surface area contributed by atoms with Crippen LogP contribution >= 0.6 is 0 Å². The van der Waals surface area contributed by atoms with Crippen LogP contribution < -0.4 is 10.6 Å². The van der Waals surface area contributed by atoms with Crippen molar-refractivity contribution in [3.05, 3.63) is 18.2 Å². The van der Waals surface area contributed by atoms with Gasteiger partial charge in [0.15, 0.2) is 0 Å². The van der Waals surface area contributed by atoms with Crippen LogP contribution in [0.5, 0.6) is 0 Å². The Bertz CT molecular complexity index is 378. The Labute approximate surface area is 110 Å². The van der Waals surface area contributed by atoms with Crippen LogP contribution in [0.25, 0.3) is 0 Å². The minimum absolute atomic E-state index is 0.578. The Hall–Kier alpha value is -1.25. The monoisotopic (exact) mass is 247 g/mol. The molecule has 1 heterocycles. The lowest BCUT2D eigenvalue weighted by atomic mass is 9.98. The first-order chi connectivity index (χ1) is 8.70. The van der Waals surface area contributed by atoms with Crippen molar-refractivity contribution >= 4 is 11.6 Å². The Morgan fingerprint density at radius 3 is 2.67 bits per heavy atom. The average Bonchev–Trinajstić information content (AvgIpc) is 2.69. The summed E-state index contributed by atoms with van der Waals surface area (Å²) in [5.74, 6) is 3.53. The predicted octanol–water partition coefficient (Wildman–Crippen LogP) is 3.75. The molecule has 3 unspecified atom stereocenters. The summed E-state index contributed by atoms with van der Waals surface area (Å²) >= 11 is 0. The summed E-state index contributed by atoms with van der Waals surface area (Å²) < 4.78 is 0. The van der Waals surface area contributed by atoms with E-state index < -0.39 is 0 Å². The summed E-state index contributed by atoms with van der Waals surface area (Å²) in [5.41, 5.74) is 0. The number of hydrogen-bond donors (Lipinski definition) is 2. The fraction of sp³-hybridized carbons (Fsp3) is 0.667. The molecule has 1 aromatic heterocycles. The van der Waals surface area contributed by atoms with Crippen LogP contribution in [0.3, 0.4) is 0 Å². The highest BCUT2D eigenvalue weighted by Crippen LogP contribution is 2.32. The Morgan fingerprint density at radius 1 is 1.22 bits per heavy atom. The van der Waals surface area contributed by atoms with E-state index in [1.165, 1.54) is 12.8 Å². The molecule has 0 saturated heterocycles. The highest BCUT2D eigenvalue weighted by atomic mass is 15.1. The van der Waals surface area contributed by atoms with Gasteiger partial charge in [-0.2, -0.15) is 0 Å². The first-order valence-electron chi connectivity index (χ1n) is 7.18. The van der Waals surface area contributed by atoms with Gasteiger partial charge in [0, 0.05) is 12.6 Å². The normalized spacial score (nSPS) is 27.2. The van der Waals surface area contributed by atoms with E-state index in [4.69, 9.17) is 0 Å². The third-order valence-corrected chi connectivity index (χ3v) is 4.10. The molecule has 3 nitrogen and oxygen atoms in total. The molecule has 1 saturated carbocycles. The van der Waals surface area contributed by atoms with Crippen molar-refractivity contribution in [2.45, 2.75) is 46.1 Å². The van der Waals surface area contributed by atoms with Crippen molar-refractivity contribution in [3.8, 4) is 0 Å². The SMILES string of the molecule is CCCNc1cccc(NC2CCC(C)C2C)n1. The van der Waals surface area contributed by atoms with E-state index in [2.05, 4.69) is 48.5 Å². The minimum atomic E-state index is 0.578. The molecular weight excluding hydrogens is 222 g/mol. The molecule has 1 aromatic rings. The smallest absolute Gasteiger partial charge is 0.128 e. The minimum Gasteiger partial charge on any atom is -0.370 e. The van der Waals surface area contributed by atoms with E-state index in [9.17, 15) is 0 Å². The van der Waals surface area contributed by atoms with Crippen molar-refractivity contribution in [2.24, 2.45) is 11.8 Å². The molecule has 18 heavy (non-hydrogen) atoms. The molecule has 100 valence electrons. The Morgan fingerprint density at radius 2 is 2.00 bits per heavy atom. The van der Waals surface area contributed by atoms with Gasteiger partial charge < -0.3 is 10.6 Å². The number of hydrogen-bond acceptors (Lipinski definition) is 3. The van der Waals surface area contributed by atoms with E-state index >= 15 is 0 Å². The fourth-order valence-corrected chi connectivity index (χ4v) is 2.62. The van der Waals surface area contributed by atoms with Gasteiger partial charge in [-0.3, -0.25) is 0 Å². The molecule has 1 aliphatic rings. The van der Waals surface area contributed by atoms with Gasteiger partial charge >= 0.3 is 0 Å². The number of aromatic nitrogens is 1. The van der Waals surface area contributed by atoms with Crippen LogP contribution in [0.15, 0.2) is 18.2 Å². The van der Waals surface area contributed by atoms with Crippen molar-refractivity contribution in [2.75, 3.05) is 17.2 Å². The van der Waals surface area contributed by atoms with Gasteiger partial charge in [0.25, 0.3) is 0 Å². The second kappa shape index (κ2) is 6.07. The zero-order chi connectivity index (χ0) is 13.0. The van der Waals surface area contributed by atoms with Crippen LogP contribution in [0.2, 0.25) is 0 Å². The van der Waals surface area contributed by atoms with Gasteiger partial charge in [-0.1, -0.05) is 26.8 Å². The summed E-state index contributed by atoms with van der Waals surface area (Å²) in [6, 6.07) is 6.74. The standard InChI is InChI=1S/C15H25N3/c1-4-10-16-14-6-5-7-15(18-14)17-13-9-8-11(2)12(13)3/h5-7,11-13H,4,8-10H2,1-3H3,(H2,16,17,18). The van der Waals surface area contributed by atoms with Crippen molar-refractivity contribution in [1.29, 1.82) is 0 Å². The molecule has 1 fully saturated rings. The quantitative estimate of drug-likeness (QED) is 0.832. The summed E-state index contributed by atoms with van der Waals surface area (Å²) in [7, 11) is 0. The number of pyridine rings is 1. The molecule has 0 aromatic carbocycles. The van der Waals surface area contributed by atoms with Gasteiger partial charge in [0.2, 0.25) is 0 Å². The van der Waals surface area contributed by atoms with Crippen molar-refractivity contribution in [1.82, 2.24) is 4.98 Å². The first-order valence-corrected chi connectivity index (χ1v) is 7.18. The molecule has 1 aliphatic carbocycles.